The minimum absolute atomic E-state index is 0.379. The first-order valence-electron chi connectivity index (χ1n) is 7.27. The number of ether oxygens (including phenoxy) is 2. The number of H-pyrrole nitrogens is 1. The summed E-state index contributed by atoms with van der Waals surface area (Å²) in [6.45, 7) is 2.59. The molecule has 0 aliphatic rings. The van der Waals surface area contributed by atoms with Crippen LogP contribution in [0.1, 0.15) is 17.3 Å². The largest absolute Gasteiger partial charge is 0.494 e. The number of aromatic amines is 1. The molecule has 0 bridgehead atoms. The lowest BCUT2D eigenvalue weighted by molar-refractivity contribution is 0.0601. The second-order valence-corrected chi connectivity index (χ2v) is 4.89. The second-order valence-electron chi connectivity index (χ2n) is 4.89. The van der Waals surface area contributed by atoms with E-state index in [-0.39, 0.29) is 5.97 Å². The number of anilines is 2. The standard InChI is InChI=1S/C17H17N3O3/c1-3-23-13-7-5-12(6-8-13)18-17-19-14-9-4-11(16(21)22-2)10-15(14)20-17/h4-10H,3H2,1-2H3,(H2,18,19,20). The lowest BCUT2D eigenvalue weighted by Crippen LogP contribution is -2.00. The van der Waals surface area contributed by atoms with Gasteiger partial charge < -0.3 is 19.8 Å². The minimum Gasteiger partial charge on any atom is -0.494 e. The van der Waals surface area contributed by atoms with Crippen molar-refractivity contribution in [2.24, 2.45) is 0 Å². The molecule has 2 N–H and O–H groups in total. The molecule has 0 saturated carbocycles. The molecule has 0 fully saturated rings. The van der Waals surface area contributed by atoms with Crippen LogP contribution in [0.2, 0.25) is 0 Å². The highest BCUT2D eigenvalue weighted by Crippen LogP contribution is 2.21. The van der Waals surface area contributed by atoms with E-state index in [1.807, 2.05) is 31.2 Å². The monoisotopic (exact) mass is 311 g/mol. The van der Waals surface area contributed by atoms with E-state index in [2.05, 4.69) is 15.3 Å². The van der Waals surface area contributed by atoms with Crippen molar-refractivity contribution in [3.8, 4) is 5.75 Å². The normalized spacial score (nSPS) is 10.5. The van der Waals surface area contributed by atoms with Gasteiger partial charge in [0.15, 0.2) is 0 Å². The van der Waals surface area contributed by atoms with Crippen molar-refractivity contribution < 1.29 is 14.3 Å². The minimum atomic E-state index is -0.379. The number of aromatic nitrogens is 2. The SMILES string of the molecule is CCOc1ccc(Nc2nc3cc(C(=O)OC)ccc3[nH]2)cc1. The highest BCUT2D eigenvalue weighted by molar-refractivity contribution is 5.94. The quantitative estimate of drug-likeness (QED) is 0.705. The van der Waals surface area contributed by atoms with E-state index in [0.29, 0.717) is 23.6 Å². The number of imidazole rings is 1. The number of hydrogen-bond acceptors (Lipinski definition) is 5. The van der Waals surface area contributed by atoms with Gasteiger partial charge in [0.1, 0.15) is 5.75 Å². The van der Waals surface area contributed by atoms with Crippen molar-refractivity contribution in [2.45, 2.75) is 6.92 Å². The molecule has 0 atom stereocenters. The smallest absolute Gasteiger partial charge is 0.337 e. The van der Waals surface area contributed by atoms with Gasteiger partial charge in [0, 0.05) is 5.69 Å². The molecule has 0 saturated heterocycles. The molecule has 0 aliphatic heterocycles. The molecule has 3 aromatic rings. The maximum Gasteiger partial charge on any atom is 0.337 e. The summed E-state index contributed by atoms with van der Waals surface area (Å²) >= 11 is 0. The Bertz CT molecular complexity index is 825. The third kappa shape index (κ3) is 3.26. The fraction of sp³-hybridized carbons (Fsp3) is 0.176. The molecule has 2 aromatic carbocycles. The lowest BCUT2D eigenvalue weighted by Gasteiger charge is -2.05. The van der Waals surface area contributed by atoms with Gasteiger partial charge in [0.2, 0.25) is 5.95 Å². The van der Waals surface area contributed by atoms with Gasteiger partial charge >= 0.3 is 5.97 Å². The van der Waals surface area contributed by atoms with Crippen LogP contribution in [0.4, 0.5) is 11.6 Å². The number of nitrogens with one attached hydrogen (secondary N) is 2. The van der Waals surface area contributed by atoms with Crippen molar-refractivity contribution in [2.75, 3.05) is 19.0 Å². The van der Waals surface area contributed by atoms with Crippen molar-refractivity contribution in [1.82, 2.24) is 9.97 Å². The molecule has 1 heterocycles. The van der Waals surface area contributed by atoms with Gasteiger partial charge in [-0.15, -0.1) is 0 Å². The Morgan fingerprint density at radius 3 is 2.70 bits per heavy atom. The molecule has 6 nitrogen and oxygen atoms in total. The van der Waals surface area contributed by atoms with Crippen LogP contribution in [-0.4, -0.2) is 29.7 Å². The van der Waals surface area contributed by atoms with Crippen LogP contribution >= 0.6 is 0 Å². The molecule has 0 radical (unpaired) electrons. The second kappa shape index (κ2) is 6.39. The van der Waals surface area contributed by atoms with Gasteiger partial charge in [-0.2, -0.15) is 0 Å². The maximum atomic E-state index is 11.6. The van der Waals surface area contributed by atoms with Crippen LogP contribution in [0.3, 0.4) is 0 Å². The average molecular weight is 311 g/mol. The maximum absolute atomic E-state index is 11.6. The lowest BCUT2D eigenvalue weighted by atomic mass is 10.2. The Labute approximate surface area is 133 Å². The van der Waals surface area contributed by atoms with E-state index in [9.17, 15) is 4.79 Å². The number of hydrogen-bond donors (Lipinski definition) is 2. The Hall–Kier alpha value is -3.02. The van der Waals surface area contributed by atoms with Crippen LogP contribution in [0, 0.1) is 0 Å². The topological polar surface area (TPSA) is 76.2 Å². The molecule has 3 rings (SSSR count). The number of esters is 1. The number of rotatable bonds is 5. The van der Waals surface area contributed by atoms with Crippen molar-refractivity contribution >= 4 is 28.6 Å². The van der Waals surface area contributed by atoms with E-state index < -0.39 is 0 Å². The number of benzene rings is 2. The number of nitrogens with zero attached hydrogens (tertiary/aromatic N) is 1. The summed E-state index contributed by atoms with van der Waals surface area (Å²) in [5.74, 6) is 1.05. The highest BCUT2D eigenvalue weighted by Gasteiger charge is 2.09. The fourth-order valence-corrected chi connectivity index (χ4v) is 2.25. The van der Waals surface area contributed by atoms with E-state index in [4.69, 9.17) is 9.47 Å². The molecule has 0 unspecified atom stereocenters. The molecular formula is C17H17N3O3. The van der Waals surface area contributed by atoms with Gasteiger partial charge in [0.05, 0.1) is 30.3 Å². The van der Waals surface area contributed by atoms with Gasteiger partial charge in [-0.1, -0.05) is 0 Å². The van der Waals surface area contributed by atoms with Crippen LogP contribution in [0.5, 0.6) is 5.75 Å². The highest BCUT2D eigenvalue weighted by atomic mass is 16.5. The summed E-state index contributed by atoms with van der Waals surface area (Å²) in [5.41, 5.74) is 2.90. The van der Waals surface area contributed by atoms with Crippen LogP contribution in [-0.2, 0) is 4.74 Å². The third-order valence-electron chi connectivity index (χ3n) is 3.33. The van der Waals surface area contributed by atoms with Crippen molar-refractivity contribution in [3.05, 3.63) is 48.0 Å². The summed E-state index contributed by atoms with van der Waals surface area (Å²) < 4.78 is 10.1. The molecule has 0 aliphatic carbocycles. The zero-order chi connectivity index (χ0) is 16.2. The molecule has 23 heavy (non-hydrogen) atoms. The van der Waals surface area contributed by atoms with Gasteiger partial charge in [-0.05, 0) is 49.4 Å². The number of carbonyl (C=O) groups excluding carboxylic acids is 1. The average Bonchev–Trinajstić information content (AvgIpc) is 2.97. The van der Waals surface area contributed by atoms with Gasteiger partial charge in [-0.3, -0.25) is 0 Å². The fourth-order valence-electron chi connectivity index (χ4n) is 2.25. The number of fused-ring (bicyclic) bond motifs is 1. The summed E-state index contributed by atoms with van der Waals surface area (Å²) in [5, 5.41) is 3.19. The summed E-state index contributed by atoms with van der Waals surface area (Å²) in [4.78, 5) is 19.2. The van der Waals surface area contributed by atoms with E-state index >= 15 is 0 Å². The van der Waals surface area contributed by atoms with Crippen molar-refractivity contribution in [3.63, 3.8) is 0 Å². The van der Waals surface area contributed by atoms with Gasteiger partial charge in [-0.25, -0.2) is 9.78 Å². The Morgan fingerprint density at radius 1 is 1.22 bits per heavy atom. The summed E-state index contributed by atoms with van der Waals surface area (Å²) in [7, 11) is 1.36. The predicted octanol–water partition coefficient (Wildman–Crippen LogP) is 3.49. The predicted molar refractivity (Wildman–Crippen MR) is 88.3 cm³/mol. The Kier molecular flexibility index (Phi) is 4.14. The van der Waals surface area contributed by atoms with E-state index in [1.165, 1.54) is 7.11 Å². The zero-order valence-corrected chi connectivity index (χ0v) is 12.9. The first kappa shape index (κ1) is 14.9. The molecule has 0 amide bonds. The van der Waals surface area contributed by atoms with Crippen LogP contribution in [0.15, 0.2) is 42.5 Å². The van der Waals surface area contributed by atoms with Crippen LogP contribution in [0.25, 0.3) is 11.0 Å². The summed E-state index contributed by atoms with van der Waals surface area (Å²) in [6.07, 6.45) is 0. The molecule has 1 aromatic heterocycles. The van der Waals surface area contributed by atoms with E-state index in [1.54, 1.807) is 18.2 Å². The Balaban J connectivity index is 1.81. The molecular weight excluding hydrogens is 294 g/mol. The summed E-state index contributed by atoms with van der Waals surface area (Å²) in [6, 6.07) is 12.8. The number of methoxy groups -OCH3 is 1. The first-order chi connectivity index (χ1) is 11.2. The molecule has 118 valence electrons. The van der Waals surface area contributed by atoms with Crippen molar-refractivity contribution in [1.29, 1.82) is 0 Å². The van der Waals surface area contributed by atoms with Crippen LogP contribution < -0.4 is 10.1 Å². The first-order valence-corrected chi connectivity index (χ1v) is 7.27. The molecule has 6 heteroatoms. The Morgan fingerprint density at radius 2 is 2.00 bits per heavy atom. The van der Waals surface area contributed by atoms with Gasteiger partial charge in [0.25, 0.3) is 0 Å². The third-order valence-corrected chi connectivity index (χ3v) is 3.33. The zero-order valence-electron chi connectivity index (χ0n) is 12.9. The van der Waals surface area contributed by atoms with E-state index in [0.717, 1.165) is 17.0 Å². The molecule has 0 spiro atoms. The number of carbonyl (C=O) groups is 1.